The first kappa shape index (κ1) is 20.5. The number of aromatic nitrogens is 1. The molecule has 0 aliphatic heterocycles. The molecule has 0 aliphatic rings. The number of nitrogen functional groups attached to an aromatic ring is 1. The molecule has 1 heterocycles. The van der Waals surface area contributed by atoms with Gasteiger partial charge in [-0.25, -0.2) is 4.98 Å². The Labute approximate surface area is 144 Å². The van der Waals surface area contributed by atoms with Crippen LogP contribution in [0.5, 0.6) is 0 Å². The Balaban J connectivity index is 0.00000220. The third kappa shape index (κ3) is 6.10. The first-order valence-electron chi connectivity index (χ1n) is 6.87. The van der Waals surface area contributed by atoms with Crippen LogP contribution in [0, 0.1) is 0 Å². The third-order valence-corrected chi connectivity index (χ3v) is 3.17. The van der Waals surface area contributed by atoms with Crippen LogP contribution in [0.25, 0.3) is 0 Å². The molecule has 6 heteroatoms. The lowest BCUT2D eigenvalue weighted by Crippen LogP contribution is -2.14. The van der Waals surface area contributed by atoms with Gasteiger partial charge in [-0.3, -0.25) is 0 Å². The van der Waals surface area contributed by atoms with E-state index in [-0.39, 0.29) is 24.8 Å². The predicted octanol–water partition coefficient (Wildman–Crippen LogP) is 3.75. The molecule has 0 atom stereocenters. The topological polar surface area (TPSA) is 54.2 Å². The first-order chi connectivity index (χ1) is 9.66. The van der Waals surface area contributed by atoms with E-state index in [1.54, 1.807) is 0 Å². The number of rotatable bonds is 6. The number of para-hydroxylation sites is 1. The Morgan fingerprint density at radius 3 is 2.41 bits per heavy atom. The summed E-state index contributed by atoms with van der Waals surface area (Å²) in [5.74, 6) is 0.735. The summed E-state index contributed by atoms with van der Waals surface area (Å²) in [5, 5.41) is 3.27. The number of nitrogens with one attached hydrogen (secondary N) is 1. The van der Waals surface area contributed by atoms with E-state index in [0.717, 1.165) is 42.1 Å². The van der Waals surface area contributed by atoms with Crippen molar-refractivity contribution in [1.82, 2.24) is 9.88 Å². The van der Waals surface area contributed by atoms with Gasteiger partial charge in [0.05, 0.1) is 5.69 Å². The Morgan fingerprint density at radius 2 is 1.77 bits per heavy atom. The zero-order valence-corrected chi connectivity index (χ0v) is 14.6. The highest BCUT2D eigenvalue weighted by molar-refractivity contribution is 5.85. The molecule has 0 fully saturated rings. The Kier molecular flexibility index (Phi) is 9.58. The van der Waals surface area contributed by atoms with Crippen molar-refractivity contribution in [3.05, 3.63) is 48.2 Å². The van der Waals surface area contributed by atoms with Gasteiger partial charge in [-0.15, -0.1) is 24.8 Å². The van der Waals surface area contributed by atoms with Crippen molar-refractivity contribution in [2.45, 2.75) is 12.8 Å². The van der Waals surface area contributed by atoms with Crippen LogP contribution in [0.15, 0.2) is 42.6 Å². The average Bonchev–Trinajstić information content (AvgIpc) is 2.44. The van der Waals surface area contributed by atoms with Crippen molar-refractivity contribution < 1.29 is 0 Å². The van der Waals surface area contributed by atoms with E-state index < -0.39 is 0 Å². The standard InChI is InChI=1S/C16H22N4.2ClH/c1-20(2)12-6-7-13-10-11-18-16(15(13)17)19-14-8-4-3-5-9-14;;/h3-5,8-11H,6-7,12,17H2,1-2H3,(H,18,19);2*1H. The number of hydrogen-bond donors (Lipinski definition) is 2. The van der Waals surface area contributed by atoms with Gasteiger partial charge in [0, 0.05) is 11.9 Å². The van der Waals surface area contributed by atoms with Gasteiger partial charge in [-0.2, -0.15) is 0 Å². The van der Waals surface area contributed by atoms with Crippen LogP contribution < -0.4 is 11.1 Å². The molecule has 0 bridgehead atoms. The van der Waals surface area contributed by atoms with Crippen molar-refractivity contribution in [2.75, 3.05) is 31.7 Å². The van der Waals surface area contributed by atoms with E-state index in [9.17, 15) is 0 Å². The highest BCUT2D eigenvalue weighted by Gasteiger charge is 2.06. The second-order valence-electron chi connectivity index (χ2n) is 5.13. The van der Waals surface area contributed by atoms with Gasteiger partial charge in [0.25, 0.3) is 0 Å². The molecule has 1 aromatic carbocycles. The quantitative estimate of drug-likeness (QED) is 0.839. The SMILES string of the molecule is CN(C)CCCc1ccnc(Nc2ccccc2)c1N.Cl.Cl. The molecule has 0 saturated heterocycles. The summed E-state index contributed by atoms with van der Waals surface area (Å²) in [6.45, 7) is 1.06. The predicted molar refractivity (Wildman–Crippen MR) is 99.7 cm³/mol. The molecule has 0 saturated carbocycles. The molecule has 0 spiro atoms. The Hall–Kier alpha value is -1.49. The van der Waals surface area contributed by atoms with Gasteiger partial charge in [0.2, 0.25) is 0 Å². The van der Waals surface area contributed by atoms with Gasteiger partial charge >= 0.3 is 0 Å². The molecule has 122 valence electrons. The van der Waals surface area contributed by atoms with Gasteiger partial charge in [-0.1, -0.05) is 18.2 Å². The maximum Gasteiger partial charge on any atom is 0.153 e. The van der Waals surface area contributed by atoms with Crippen molar-refractivity contribution in [3.8, 4) is 0 Å². The number of halogens is 2. The van der Waals surface area contributed by atoms with Gasteiger partial charge in [-0.05, 0) is 57.2 Å². The summed E-state index contributed by atoms with van der Waals surface area (Å²) in [6, 6.07) is 12.0. The Morgan fingerprint density at radius 1 is 1.09 bits per heavy atom. The lowest BCUT2D eigenvalue weighted by Gasteiger charge is -2.13. The van der Waals surface area contributed by atoms with Crippen LogP contribution in [-0.4, -0.2) is 30.5 Å². The summed E-state index contributed by atoms with van der Waals surface area (Å²) < 4.78 is 0. The lowest BCUT2D eigenvalue weighted by atomic mass is 10.1. The second-order valence-corrected chi connectivity index (χ2v) is 5.13. The summed E-state index contributed by atoms with van der Waals surface area (Å²) in [6.07, 6.45) is 3.87. The fraction of sp³-hybridized carbons (Fsp3) is 0.312. The summed E-state index contributed by atoms with van der Waals surface area (Å²) >= 11 is 0. The van der Waals surface area contributed by atoms with E-state index in [1.165, 1.54) is 0 Å². The molecule has 0 radical (unpaired) electrons. The average molecular weight is 343 g/mol. The highest BCUT2D eigenvalue weighted by Crippen LogP contribution is 2.24. The number of hydrogen-bond acceptors (Lipinski definition) is 4. The van der Waals surface area contributed by atoms with Crippen LogP contribution in [-0.2, 0) is 6.42 Å². The number of anilines is 3. The first-order valence-corrected chi connectivity index (χ1v) is 6.87. The lowest BCUT2D eigenvalue weighted by molar-refractivity contribution is 0.400. The van der Waals surface area contributed by atoms with Crippen LogP contribution in [0.2, 0.25) is 0 Å². The van der Waals surface area contributed by atoms with E-state index in [0.29, 0.717) is 0 Å². The van der Waals surface area contributed by atoms with Crippen LogP contribution in [0.1, 0.15) is 12.0 Å². The molecule has 0 aliphatic carbocycles. The summed E-state index contributed by atoms with van der Waals surface area (Å²) in [7, 11) is 4.16. The monoisotopic (exact) mass is 342 g/mol. The Bertz CT molecular complexity index is 547. The van der Waals surface area contributed by atoms with Gasteiger partial charge in [0.15, 0.2) is 5.82 Å². The fourth-order valence-corrected chi connectivity index (χ4v) is 2.07. The van der Waals surface area contributed by atoms with Crippen LogP contribution in [0.3, 0.4) is 0 Å². The number of nitrogens with zero attached hydrogens (tertiary/aromatic N) is 2. The minimum absolute atomic E-state index is 0. The van der Waals surface area contributed by atoms with Gasteiger partial charge in [0.1, 0.15) is 0 Å². The molecule has 0 unspecified atom stereocenters. The maximum atomic E-state index is 6.21. The molecule has 1 aromatic heterocycles. The smallest absolute Gasteiger partial charge is 0.153 e. The third-order valence-electron chi connectivity index (χ3n) is 3.17. The van der Waals surface area contributed by atoms with Crippen LogP contribution in [0.4, 0.5) is 17.2 Å². The fourth-order valence-electron chi connectivity index (χ4n) is 2.07. The second kappa shape index (κ2) is 10.3. The van der Waals surface area contributed by atoms with Crippen molar-refractivity contribution in [3.63, 3.8) is 0 Å². The van der Waals surface area contributed by atoms with E-state index in [4.69, 9.17) is 5.73 Å². The molecular weight excluding hydrogens is 319 g/mol. The normalized spacial score (nSPS) is 9.77. The molecule has 3 N–H and O–H groups in total. The highest BCUT2D eigenvalue weighted by atomic mass is 35.5. The minimum Gasteiger partial charge on any atom is -0.396 e. The van der Waals surface area contributed by atoms with Crippen molar-refractivity contribution in [2.24, 2.45) is 0 Å². The number of benzene rings is 1. The van der Waals surface area contributed by atoms with Crippen molar-refractivity contribution in [1.29, 1.82) is 0 Å². The number of nitrogens with two attached hydrogens (primary N) is 1. The number of pyridine rings is 1. The van der Waals surface area contributed by atoms with Crippen molar-refractivity contribution >= 4 is 42.0 Å². The maximum absolute atomic E-state index is 6.21. The number of aryl methyl sites for hydroxylation is 1. The van der Waals surface area contributed by atoms with E-state index >= 15 is 0 Å². The molecule has 22 heavy (non-hydrogen) atoms. The molecule has 0 amide bonds. The molecule has 2 aromatic rings. The van der Waals surface area contributed by atoms with E-state index in [1.807, 2.05) is 42.6 Å². The summed E-state index contributed by atoms with van der Waals surface area (Å²) in [5.41, 5.74) is 9.11. The van der Waals surface area contributed by atoms with Gasteiger partial charge < -0.3 is 16.0 Å². The molecular formula is C16H24Cl2N4. The largest absolute Gasteiger partial charge is 0.396 e. The molecule has 2 rings (SSSR count). The molecule has 4 nitrogen and oxygen atoms in total. The van der Waals surface area contributed by atoms with E-state index in [2.05, 4.69) is 29.3 Å². The zero-order valence-electron chi connectivity index (χ0n) is 13.0. The minimum atomic E-state index is 0. The van der Waals surface area contributed by atoms with Crippen LogP contribution >= 0.6 is 24.8 Å². The zero-order chi connectivity index (χ0) is 14.4. The summed E-state index contributed by atoms with van der Waals surface area (Å²) in [4.78, 5) is 6.51.